The first-order chi connectivity index (χ1) is 11.8. The molecule has 130 valence electrons. The van der Waals surface area contributed by atoms with E-state index in [0.29, 0.717) is 5.56 Å². The monoisotopic (exact) mass is 347 g/mol. The summed E-state index contributed by atoms with van der Waals surface area (Å²) in [5, 5.41) is 14.5. The number of benzene rings is 1. The molecule has 25 heavy (non-hydrogen) atoms. The van der Waals surface area contributed by atoms with Gasteiger partial charge in [0.05, 0.1) is 16.8 Å². The zero-order valence-electron chi connectivity index (χ0n) is 12.9. The quantitative estimate of drug-likeness (QED) is 0.373. The Hall–Kier alpha value is -3.76. The molecule has 2 rings (SSSR count). The van der Waals surface area contributed by atoms with Crippen molar-refractivity contribution < 1.29 is 14.5 Å². The summed E-state index contributed by atoms with van der Waals surface area (Å²) >= 11 is 0. The molecule has 11 nitrogen and oxygen atoms in total. The summed E-state index contributed by atoms with van der Waals surface area (Å²) in [7, 11) is 0. The van der Waals surface area contributed by atoms with Crippen molar-refractivity contribution in [2.45, 2.75) is 6.92 Å². The number of hydrogen-bond acceptors (Lipinski definition) is 7. The van der Waals surface area contributed by atoms with Gasteiger partial charge in [-0.1, -0.05) is 6.07 Å². The number of nitrogens with one attached hydrogen (secondary N) is 3. The van der Waals surface area contributed by atoms with Crippen molar-refractivity contribution in [3.05, 3.63) is 66.5 Å². The van der Waals surface area contributed by atoms with Crippen LogP contribution in [0.3, 0.4) is 0 Å². The molecular weight excluding hydrogens is 334 g/mol. The lowest BCUT2D eigenvalue weighted by molar-refractivity contribution is -0.385. The van der Waals surface area contributed by atoms with E-state index in [-0.39, 0.29) is 17.1 Å². The minimum atomic E-state index is -0.713. The lowest BCUT2D eigenvalue weighted by atomic mass is 10.2. The Morgan fingerprint density at radius 1 is 1.36 bits per heavy atom. The molecule has 0 aliphatic carbocycles. The Morgan fingerprint density at radius 3 is 2.80 bits per heavy atom. The number of aromatic nitrogens is 2. The van der Waals surface area contributed by atoms with Gasteiger partial charge in [0.15, 0.2) is 12.4 Å². The fourth-order valence-electron chi connectivity index (χ4n) is 1.80. The van der Waals surface area contributed by atoms with Crippen molar-refractivity contribution in [2.24, 2.45) is 5.10 Å². The summed E-state index contributed by atoms with van der Waals surface area (Å²) in [6, 6.07) is 5.41. The van der Waals surface area contributed by atoms with Crippen LogP contribution in [0.1, 0.15) is 11.3 Å². The van der Waals surface area contributed by atoms with Crippen LogP contribution >= 0.6 is 0 Å². The molecule has 0 spiro atoms. The van der Waals surface area contributed by atoms with Gasteiger partial charge < -0.3 is 9.72 Å². The van der Waals surface area contributed by atoms with Gasteiger partial charge in [-0.05, 0) is 18.6 Å². The number of amides is 1. The van der Waals surface area contributed by atoms with E-state index in [2.05, 4.69) is 15.5 Å². The number of ether oxygens (including phenoxy) is 1. The van der Waals surface area contributed by atoms with Crippen LogP contribution in [0.2, 0.25) is 0 Å². The summed E-state index contributed by atoms with van der Waals surface area (Å²) < 4.78 is 5.12. The second-order valence-electron chi connectivity index (χ2n) is 4.85. The van der Waals surface area contributed by atoms with E-state index in [1.165, 1.54) is 12.1 Å². The fourth-order valence-corrected chi connectivity index (χ4v) is 1.80. The van der Waals surface area contributed by atoms with E-state index in [9.17, 15) is 24.5 Å². The summed E-state index contributed by atoms with van der Waals surface area (Å²) in [4.78, 5) is 48.4. The molecule has 0 aliphatic rings. The fraction of sp³-hybridized carbons (Fsp3) is 0.143. The molecule has 0 bridgehead atoms. The molecule has 1 aromatic heterocycles. The first kappa shape index (κ1) is 17.6. The predicted molar refractivity (Wildman–Crippen MR) is 86.7 cm³/mol. The third kappa shape index (κ3) is 5.13. The smallest absolute Gasteiger partial charge is 0.326 e. The molecule has 0 fully saturated rings. The van der Waals surface area contributed by atoms with E-state index in [0.717, 1.165) is 12.3 Å². The topological polar surface area (TPSA) is 160 Å². The molecule has 0 saturated heterocycles. The number of aryl methyl sites for hydroxylation is 1. The van der Waals surface area contributed by atoms with Gasteiger partial charge >= 0.3 is 11.4 Å². The van der Waals surface area contributed by atoms with Gasteiger partial charge in [0.2, 0.25) is 0 Å². The second kappa shape index (κ2) is 7.68. The lowest BCUT2D eigenvalue weighted by Crippen LogP contribution is -2.26. The summed E-state index contributed by atoms with van der Waals surface area (Å²) in [6.07, 6.45) is 1.06. The maximum absolute atomic E-state index is 11.6. The zero-order chi connectivity index (χ0) is 18.4. The average Bonchev–Trinajstić information content (AvgIpc) is 2.52. The number of H-pyrrole nitrogens is 2. The van der Waals surface area contributed by atoms with Crippen LogP contribution in [0.15, 0.2) is 39.0 Å². The Balaban J connectivity index is 1.95. The highest BCUT2D eigenvalue weighted by atomic mass is 16.6. The molecule has 3 N–H and O–H groups in total. The van der Waals surface area contributed by atoms with Gasteiger partial charge in [-0.25, -0.2) is 10.2 Å². The van der Waals surface area contributed by atoms with Crippen LogP contribution in [-0.2, 0) is 4.79 Å². The van der Waals surface area contributed by atoms with Crippen LogP contribution in [0.4, 0.5) is 5.69 Å². The van der Waals surface area contributed by atoms with E-state index in [1.54, 1.807) is 13.0 Å². The average molecular weight is 347 g/mol. The highest BCUT2D eigenvalue weighted by Gasteiger charge is 2.16. The molecule has 0 radical (unpaired) electrons. The third-order valence-electron chi connectivity index (χ3n) is 2.84. The summed E-state index contributed by atoms with van der Waals surface area (Å²) in [5.41, 5.74) is 1.29. The number of hydrazone groups is 1. The Kier molecular flexibility index (Phi) is 5.40. The number of nitro groups is 1. The van der Waals surface area contributed by atoms with E-state index in [4.69, 9.17) is 4.74 Å². The number of carbonyl (C=O) groups is 1. The molecule has 11 heteroatoms. The van der Waals surface area contributed by atoms with Crippen LogP contribution in [0.5, 0.6) is 5.75 Å². The standard InChI is InChI=1S/C14H13N5O6/c1-8-2-3-11(10(4-8)19(23)24)25-7-13(21)18-15-6-9-5-12(20)17-14(22)16-9/h2-6H,7H2,1H3,(H,18,21)(H2,16,17,20,22)/b15-6+. The number of aromatic amines is 2. The van der Waals surface area contributed by atoms with Crippen LogP contribution in [0, 0.1) is 17.0 Å². The highest BCUT2D eigenvalue weighted by Crippen LogP contribution is 2.27. The second-order valence-corrected chi connectivity index (χ2v) is 4.85. The normalized spacial score (nSPS) is 10.6. The van der Waals surface area contributed by atoms with Crippen molar-refractivity contribution in [3.63, 3.8) is 0 Å². The molecule has 2 aromatic rings. The highest BCUT2D eigenvalue weighted by molar-refractivity contribution is 5.81. The Labute approximate surface area is 139 Å². The largest absolute Gasteiger partial charge is 0.477 e. The number of carbonyl (C=O) groups excluding carboxylic acids is 1. The van der Waals surface area contributed by atoms with Gasteiger partial charge in [-0.15, -0.1) is 0 Å². The number of hydrogen-bond donors (Lipinski definition) is 3. The SMILES string of the molecule is Cc1ccc(OCC(=O)N/N=C/c2cc(=O)[nH]c(=O)[nH]2)c([N+](=O)[O-])c1. The Morgan fingerprint density at radius 2 is 2.12 bits per heavy atom. The molecule has 0 saturated carbocycles. The predicted octanol–water partition coefficient (Wildman–Crippen LogP) is -0.191. The number of nitro benzene ring substituents is 1. The van der Waals surface area contributed by atoms with Gasteiger partial charge in [-0.3, -0.25) is 24.7 Å². The minimum Gasteiger partial charge on any atom is -0.477 e. The van der Waals surface area contributed by atoms with Crippen LogP contribution in [0.25, 0.3) is 0 Å². The summed E-state index contributed by atoms with van der Waals surface area (Å²) in [6.45, 7) is 1.18. The maximum atomic E-state index is 11.6. The number of rotatable bonds is 6. The molecule has 1 heterocycles. The first-order valence-electron chi connectivity index (χ1n) is 6.88. The van der Waals surface area contributed by atoms with E-state index >= 15 is 0 Å². The van der Waals surface area contributed by atoms with Gasteiger partial charge in [-0.2, -0.15) is 5.10 Å². The molecule has 0 aliphatic heterocycles. The number of nitrogens with zero attached hydrogens (tertiary/aromatic N) is 2. The van der Waals surface area contributed by atoms with Gasteiger partial charge in [0.1, 0.15) is 0 Å². The third-order valence-corrected chi connectivity index (χ3v) is 2.84. The zero-order valence-corrected chi connectivity index (χ0v) is 12.9. The minimum absolute atomic E-state index is 0.0475. The molecule has 1 amide bonds. The van der Waals surface area contributed by atoms with Crippen LogP contribution < -0.4 is 21.4 Å². The molecular formula is C14H13N5O6. The van der Waals surface area contributed by atoms with E-state index < -0.39 is 28.7 Å². The lowest BCUT2D eigenvalue weighted by Gasteiger charge is -2.06. The van der Waals surface area contributed by atoms with Crippen LogP contribution in [-0.4, -0.2) is 33.6 Å². The van der Waals surface area contributed by atoms with E-state index in [1.807, 2.05) is 4.98 Å². The van der Waals surface area contributed by atoms with Crippen molar-refractivity contribution in [2.75, 3.05) is 6.61 Å². The maximum Gasteiger partial charge on any atom is 0.326 e. The molecule has 0 atom stereocenters. The Bertz CT molecular complexity index is 917. The summed E-state index contributed by atoms with van der Waals surface area (Å²) in [5.74, 6) is -0.730. The van der Waals surface area contributed by atoms with Crippen molar-refractivity contribution in [1.29, 1.82) is 0 Å². The molecule has 1 aromatic carbocycles. The van der Waals surface area contributed by atoms with Gasteiger partial charge in [0, 0.05) is 12.1 Å². The first-order valence-corrected chi connectivity index (χ1v) is 6.88. The van der Waals surface area contributed by atoms with Gasteiger partial charge in [0.25, 0.3) is 11.5 Å². The van der Waals surface area contributed by atoms with Crippen molar-refractivity contribution >= 4 is 17.8 Å². The molecule has 0 unspecified atom stereocenters. The van der Waals surface area contributed by atoms with Crippen molar-refractivity contribution in [3.8, 4) is 5.75 Å². The van der Waals surface area contributed by atoms with Crippen molar-refractivity contribution in [1.82, 2.24) is 15.4 Å².